The molecule has 0 aliphatic heterocycles. The molecule has 0 atom stereocenters. The van der Waals surface area contributed by atoms with Gasteiger partial charge in [0.1, 0.15) is 0 Å². The molecular formula is C26H28O. The fourth-order valence-corrected chi connectivity index (χ4v) is 3.76. The molecule has 0 heterocycles. The Kier molecular flexibility index (Phi) is 5.91. The van der Waals surface area contributed by atoms with Gasteiger partial charge in [0.2, 0.25) is 0 Å². The second kappa shape index (κ2) is 8.35. The molecule has 0 bridgehead atoms. The number of Topliss-reactive ketones (excluding diaryl/α,β-unsaturated/α-hetero) is 1. The van der Waals surface area contributed by atoms with Crippen molar-refractivity contribution in [2.45, 2.75) is 46.0 Å². The minimum atomic E-state index is 0.185. The molecule has 0 amide bonds. The zero-order valence-electron chi connectivity index (χ0n) is 16.7. The molecule has 1 nitrogen and oxygen atoms in total. The number of carbonyl (C=O) groups excluding carboxylic acids is 1. The van der Waals surface area contributed by atoms with Crippen LogP contribution in [0.4, 0.5) is 0 Å². The number of hydrogen-bond donors (Lipinski definition) is 0. The van der Waals surface area contributed by atoms with Crippen LogP contribution in [0.5, 0.6) is 0 Å². The van der Waals surface area contributed by atoms with Gasteiger partial charge in [0.05, 0.1) is 0 Å². The van der Waals surface area contributed by atoms with E-state index < -0.39 is 0 Å². The fourth-order valence-electron chi connectivity index (χ4n) is 3.76. The Labute approximate surface area is 163 Å². The van der Waals surface area contributed by atoms with Crippen LogP contribution in [-0.2, 0) is 6.42 Å². The van der Waals surface area contributed by atoms with Gasteiger partial charge in [-0.2, -0.15) is 0 Å². The topological polar surface area (TPSA) is 17.1 Å². The number of ketones is 1. The zero-order chi connectivity index (χ0) is 19.4. The third-order valence-electron chi connectivity index (χ3n) is 5.14. The van der Waals surface area contributed by atoms with Gasteiger partial charge in [-0.25, -0.2) is 0 Å². The number of benzene rings is 3. The molecule has 0 saturated carbocycles. The first-order chi connectivity index (χ1) is 13.0. The summed E-state index contributed by atoms with van der Waals surface area (Å²) < 4.78 is 0. The number of carbonyl (C=O) groups is 1. The van der Waals surface area contributed by atoms with Crippen LogP contribution in [0.15, 0.2) is 72.8 Å². The lowest BCUT2D eigenvalue weighted by molar-refractivity contribution is 0.0993. The van der Waals surface area contributed by atoms with Crippen molar-refractivity contribution in [2.75, 3.05) is 0 Å². The van der Waals surface area contributed by atoms with Crippen LogP contribution in [0.1, 0.15) is 66.6 Å². The first-order valence-corrected chi connectivity index (χ1v) is 9.78. The molecule has 0 N–H and O–H groups in total. The van der Waals surface area contributed by atoms with Gasteiger partial charge >= 0.3 is 0 Å². The Bertz CT molecular complexity index is 894. The van der Waals surface area contributed by atoms with Crippen LogP contribution >= 0.6 is 0 Å². The summed E-state index contributed by atoms with van der Waals surface area (Å²) in [6.07, 6.45) is 0.450. The minimum absolute atomic E-state index is 0.185. The Balaban J connectivity index is 2.03. The van der Waals surface area contributed by atoms with Crippen molar-refractivity contribution in [3.8, 4) is 11.1 Å². The summed E-state index contributed by atoms with van der Waals surface area (Å²) in [5.74, 6) is 0.983. The van der Waals surface area contributed by atoms with Gasteiger partial charge < -0.3 is 0 Å². The second-order valence-electron chi connectivity index (χ2n) is 7.74. The quantitative estimate of drug-likeness (QED) is 0.433. The molecule has 3 aromatic rings. The van der Waals surface area contributed by atoms with Crippen LogP contribution in [0.25, 0.3) is 11.1 Å². The summed E-state index contributed by atoms with van der Waals surface area (Å²) in [6, 6.07) is 24.6. The van der Waals surface area contributed by atoms with Crippen LogP contribution in [0, 0.1) is 0 Å². The Morgan fingerprint density at radius 1 is 0.704 bits per heavy atom. The van der Waals surface area contributed by atoms with E-state index in [1.807, 2.05) is 42.5 Å². The molecule has 0 radical (unpaired) electrons. The summed E-state index contributed by atoms with van der Waals surface area (Å²) in [5.41, 5.74) is 6.67. The number of hydrogen-bond acceptors (Lipinski definition) is 1. The maximum atomic E-state index is 13.4. The lowest BCUT2D eigenvalue weighted by atomic mass is 9.84. The maximum Gasteiger partial charge on any atom is 0.167 e. The lowest BCUT2D eigenvalue weighted by Gasteiger charge is -2.20. The van der Waals surface area contributed by atoms with Gasteiger partial charge in [0, 0.05) is 12.0 Å². The van der Waals surface area contributed by atoms with Crippen molar-refractivity contribution in [2.24, 2.45) is 0 Å². The van der Waals surface area contributed by atoms with E-state index in [1.54, 1.807) is 0 Å². The third kappa shape index (κ3) is 4.19. The summed E-state index contributed by atoms with van der Waals surface area (Å²) in [4.78, 5) is 13.4. The molecule has 3 aromatic carbocycles. The molecule has 0 unspecified atom stereocenters. The molecule has 0 aromatic heterocycles. The second-order valence-corrected chi connectivity index (χ2v) is 7.74. The molecule has 0 aliphatic rings. The van der Waals surface area contributed by atoms with E-state index in [9.17, 15) is 4.79 Å². The van der Waals surface area contributed by atoms with E-state index in [-0.39, 0.29) is 5.78 Å². The van der Waals surface area contributed by atoms with Gasteiger partial charge in [0.15, 0.2) is 5.78 Å². The largest absolute Gasteiger partial charge is 0.294 e. The summed E-state index contributed by atoms with van der Waals surface area (Å²) in [7, 11) is 0. The van der Waals surface area contributed by atoms with E-state index in [0.29, 0.717) is 18.3 Å². The highest BCUT2D eigenvalue weighted by molar-refractivity contribution is 6.03. The molecule has 0 spiro atoms. The molecule has 3 rings (SSSR count). The average molecular weight is 357 g/mol. The highest BCUT2D eigenvalue weighted by Crippen LogP contribution is 2.30. The summed E-state index contributed by atoms with van der Waals surface area (Å²) in [5, 5.41) is 0. The Morgan fingerprint density at radius 2 is 1.26 bits per heavy atom. The lowest BCUT2D eigenvalue weighted by Crippen LogP contribution is -2.11. The molecule has 1 heteroatoms. The summed E-state index contributed by atoms with van der Waals surface area (Å²) in [6.45, 7) is 8.80. The smallest absolute Gasteiger partial charge is 0.167 e. The van der Waals surface area contributed by atoms with Crippen molar-refractivity contribution >= 4 is 5.78 Å². The molecule has 0 fully saturated rings. The first-order valence-electron chi connectivity index (χ1n) is 9.78. The van der Waals surface area contributed by atoms with Crippen molar-refractivity contribution < 1.29 is 4.79 Å². The minimum Gasteiger partial charge on any atom is -0.294 e. The standard InChI is InChI=1S/C26H28O/c1-18(2)21-15-10-16-22(19(3)4)25(21)17-26(27)24-14-9-8-13-23(24)20-11-6-5-7-12-20/h5-16,18-19H,17H2,1-4H3. The van der Waals surface area contributed by atoms with Gasteiger partial charge in [-0.1, -0.05) is 100 Å². The van der Waals surface area contributed by atoms with E-state index in [2.05, 4.69) is 58.0 Å². The highest BCUT2D eigenvalue weighted by Gasteiger charge is 2.19. The van der Waals surface area contributed by atoms with Crippen molar-refractivity contribution in [3.05, 3.63) is 95.1 Å². The van der Waals surface area contributed by atoms with Crippen LogP contribution < -0.4 is 0 Å². The highest BCUT2D eigenvalue weighted by atomic mass is 16.1. The van der Waals surface area contributed by atoms with Crippen molar-refractivity contribution in [3.63, 3.8) is 0 Å². The molecular weight excluding hydrogens is 328 g/mol. The fraction of sp³-hybridized carbons (Fsp3) is 0.269. The SMILES string of the molecule is CC(C)c1cccc(C(C)C)c1CC(=O)c1ccccc1-c1ccccc1. The van der Waals surface area contributed by atoms with Gasteiger partial charge in [-0.05, 0) is 39.7 Å². The zero-order valence-corrected chi connectivity index (χ0v) is 16.7. The van der Waals surface area contributed by atoms with Crippen LogP contribution in [0.3, 0.4) is 0 Å². The van der Waals surface area contributed by atoms with Crippen LogP contribution in [-0.4, -0.2) is 5.78 Å². The van der Waals surface area contributed by atoms with Gasteiger partial charge in [0.25, 0.3) is 0 Å². The average Bonchev–Trinajstić information content (AvgIpc) is 2.68. The number of rotatable bonds is 6. The summed E-state index contributed by atoms with van der Waals surface area (Å²) >= 11 is 0. The van der Waals surface area contributed by atoms with E-state index >= 15 is 0 Å². The Morgan fingerprint density at radius 3 is 1.85 bits per heavy atom. The van der Waals surface area contributed by atoms with Crippen molar-refractivity contribution in [1.29, 1.82) is 0 Å². The van der Waals surface area contributed by atoms with Crippen molar-refractivity contribution in [1.82, 2.24) is 0 Å². The molecule has 27 heavy (non-hydrogen) atoms. The van der Waals surface area contributed by atoms with Gasteiger partial charge in [-0.15, -0.1) is 0 Å². The Hall–Kier alpha value is -2.67. The molecule has 0 saturated heterocycles. The van der Waals surface area contributed by atoms with Gasteiger partial charge in [-0.3, -0.25) is 4.79 Å². The predicted octanol–water partition coefficient (Wildman–Crippen LogP) is 7.03. The maximum absolute atomic E-state index is 13.4. The van der Waals surface area contributed by atoms with E-state index in [0.717, 1.165) is 16.7 Å². The molecule has 0 aliphatic carbocycles. The molecule has 138 valence electrons. The van der Waals surface area contributed by atoms with E-state index in [1.165, 1.54) is 16.7 Å². The third-order valence-corrected chi connectivity index (χ3v) is 5.14. The van der Waals surface area contributed by atoms with Crippen LogP contribution in [0.2, 0.25) is 0 Å². The van der Waals surface area contributed by atoms with E-state index in [4.69, 9.17) is 0 Å². The normalized spacial score (nSPS) is 11.2. The predicted molar refractivity (Wildman–Crippen MR) is 115 cm³/mol. The monoisotopic (exact) mass is 356 g/mol. The first kappa shape index (κ1) is 19.1.